The highest BCUT2D eigenvalue weighted by Gasteiger charge is 2.33. The fourth-order valence-corrected chi connectivity index (χ4v) is 1.76. The monoisotopic (exact) mass is 287 g/mol. The lowest BCUT2D eigenvalue weighted by Gasteiger charge is -2.13. The van der Waals surface area contributed by atoms with Gasteiger partial charge in [0.1, 0.15) is 0 Å². The summed E-state index contributed by atoms with van der Waals surface area (Å²) >= 11 is 0. The maximum Gasteiger partial charge on any atom is 0.418 e. The second-order valence-corrected chi connectivity index (χ2v) is 4.82. The van der Waals surface area contributed by atoms with Crippen molar-refractivity contribution in [3.8, 4) is 0 Å². The molecule has 4 N–H and O–H groups in total. The third-order valence-electron chi connectivity index (χ3n) is 2.98. The maximum absolute atomic E-state index is 12.7. The number of halogens is 3. The first-order valence-electron chi connectivity index (χ1n) is 6.36. The molecule has 2 rings (SSSR count). The van der Waals surface area contributed by atoms with Gasteiger partial charge < -0.3 is 16.4 Å². The summed E-state index contributed by atoms with van der Waals surface area (Å²) < 4.78 is 38.0. The van der Waals surface area contributed by atoms with Crippen LogP contribution in [0.2, 0.25) is 0 Å². The van der Waals surface area contributed by atoms with E-state index in [0.717, 1.165) is 18.9 Å². The van der Waals surface area contributed by atoms with Gasteiger partial charge in [-0.05, 0) is 31.0 Å². The summed E-state index contributed by atoms with van der Waals surface area (Å²) in [7, 11) is 0. The molecule has 1 aliphatic rings. The van der Waals surface area contributed by atoms with Crippen LogP contribution in [0.4, 0.5) is 24.5 Å². The minimum atomic E-state index is -4.48. The van der Waals surface area contributed by atoms with Crippen LogP contribution in [0.3, 0.4) is 0 Å². The van der Waals surface area contributed by atoms with Gasteiger partial charge in [-0.3, -0.25) is 4.79 Å². The summed E-state index contributed by atoms with van der Waals surface area (Å²) in [5.74, 6) is -0.0912. The standard InChI is InChI=1S/C13H16F3N3O/c14-13(15,16)10-7-9(3-4-11(10)17)18-6-5-12(20)19-8-1-2-8/h3-4,7-8,18H,1-2,5-6,17H2,(H,19,20). The minimum Gasteiger partial charge on any atom is -0.398 e. The van der Waals surface area contributed by atoms with Crippen LogP contribution in [0.25, 0.3) is 0 Å². The number of nitrogens with one attached hydrogen (secondary N) is 2. The molecule has 0 unspecified atom stereocenters. The molecule has 20 heavy (non-hydrogen) atoms. The van der Waals surface area contributed by atoms with E-state index in [4.69, 9.17) is 5.73 Å². The Morgan fingerprint density at radius 3 is 2.65 bits per heavy atom. The molecule has 4 nitrogen and oxygen atoms in total. The molecule has 110 valence electrons. The maximum atomic E-state index is 12.7. The predicted octanol–water partition coefficient (Wildman–Crippen LogP) is 2.37. The van der Waals surface area contributed by atoms with Gasteiger partial charge in [0, 0.05) is 30.4 Å². The number of benzene rings is 1. The first kappa shape index (κ1) is 14.5. The largest absolute Gasteiger partial charge is 0.418 e. The molecule has 0 aromatic heterocycles. The van der Waals surface area contributed by atoms with Crippen molar-refractivity contribution in [3.63, 3.8) is 0 Å². The van der Waals surface area contributed by atoms with Gasteiger partial charge in [0.25, 0.3) is 0 Å². The molecule has 1 fully saturated rings. The lowest BCUT2D eigenvalue weighted by Crippen LogP contribution is -2.27. The quantitative estimate of drug-likeness (QED) is 0.728. The number of carbonyl (C=O) groups excluding carboxylic acids is 1. The van der Waals surface area contributed by atoms with Crippen LogP contribution in [0, 0.1) is 0 Å². The van der Waals surface area contributed by atoms with Crippen LogP contribution in [-0.4, -0.2) is 18.5 Å². The van der Waals surface area contributed by atoms with E-state index in [1.165, 1.54) is 12.1 Å². The van der Waals surface area contributed by atoms with E-state index in [1.807, 2.05) is 0 Å². The summed E-state index contributed by atoms with van der Waals surface area (Å²) in [5, 5.41) is 5.60. The van der Waals surface area contributed by atoms with Crippen LogP contribution in [-0.2, 0) is 11.0 Å². The van der Waals surface area contributed by atoms with Gasteiger partial charge in [0.05, 0.1) is 5.56 Å². The highest BCUT2D eigenvalue weighted by molar-refractivity contribution is 5.77. The predicted molar refractivity (Wildman–Crippen MR) is 70.1 cm³/mol. The Morgan fingerprint density at radius 2 is 2.05 bits per heavy atom. The van der Waals surface area contributed by atoms with E-state index in [2.05, 4.69) is 10.6 Å². The number of alkyl halides is 3. The second kappa shape index (κ2) is 5.60. The fourth-order valence-electron chi connectivity index (χ4n) is 1.76. The minimum absolute atomic E-state index is 0.0912. The normalized spacial score (nSPS) is 14.9. The van der Waals surface area contributed by atoms with E-state index in [0.29, 0.717) is 5.69 Å². The summed E-state index contributed by atoms with van der Waals surface area (Å²) in [6.07, 6.45) is -2.24. The number of rotatable bonds is 5. The highest BCUT2D eigenvalue weighted by atomic mass is 19.4. The van der Waals surface area contributed by atoms with E-state index in [1.54, 1.807) is 0 Å². The first-order chi connectivity index (χ1) is 9.36. The molecule has 1 saturated carbocycles. The Bertz CT molecular complexity index is 498. The Kier molecular flexibility index (Phi) is 4.06. The number of nitrogen functional groups attached to an aromatic ring is 1. The number of carbonyl (C=O) groups is 1. The molecule has 0 aliphatic heterocycles. The van der Waals surface area contributed by atoms with E-state index >= 15 is 0 Å². The molecule has 0 radical (unpaired) electrons. The lowest BCUT2D eigenvalue weighted by atomic mass is 10.1. The third-order valence-corrected chi connectivity index (χ3v) is 2.98. The van der Waals surface area contributed by atoms with Crippen molar-refractivity contribution < 1.29 is 18.0 Å². The number of amides is 1. The van der Waals surface area contributed by atoms with E-state index in [-0.39, 0.29) is 30.6 Å². The molecule has 1 amide bonds. The number of hydrogen-bond donors (Lipinski definition) is 3. The number of hydrogen-bond acceptors (Lipinski definition) is 3. The molecular formula is C13H16F3N3O. The zero-order valence-corrected chi connectivity index (χ0v) is 10.8. The Labute approximate surface area is 114 Å². The van der Waals surface area contributed by atoms with Crippen molar-refractivity contribution in [1.82, 2.24) is 5.32 Å². The third kappa shape index (κ3) is 4.04. The van der Waals surface area contributed by atoms with Gasteiger partial charge in [-0.25, -0.2) is 0 Å². The van der Waals surface area contributed by atoms with Gasteiger partial charge in [-0.1, -0.05) is 0 Å². The van der Waals surface area contributed by atoms with E-state index < -0.39 is 11.7 Å². The van der Waals surface area contributed by atoms with Crippen molar-refractivity contribution >= 4 is 17.3 Å². The molecule has 1 aromatic carbocycles. The van der Waals surface area contributed by atoms with Crippen molar-refractivity contribution in [2.24, 2.45) is 0 Å². The fraction of sp³-hybridized carbons (Fsp3) is 0.462. The van der Waals surface area contributed by atoms with Gasteiger partial charge in [0.15, 0.2) is 0 Å². The summed E-state index contributed by atoms with van der Waals surface area (Å²) in [4.78, 5) is 11.4. The molecule has 0 bridgehead atoms. The van der Waals surface area contributed by atoms with Crippen molar-refractivity contribution in [1.29, 1.82) is 0 Å². The molecule has 0 saturated heterocycles. The molecule has 0 spiro atoms. The average molecular weight is 287 g/mol. The summed E-state index contributed by atoms with van der Waals surface area (Å²) in [6.45, 7) is 0.278. The number of anilines is 2. The van der Waals surface area contributed by atoms with Gasteiger partial charge in [-0.2, -0.15) is 13.2 Å². The summed E-state index contributed by atoms with van der Waals surface area (Å²) in [5.41, 5.74) is 4.42. The molecule has 1 aromatic rings. The SMILES string of the molecule is Nc1ccc(NCCC(=O)NC2CC2)cc1C(F)(F)F. The Balaban J connectivity index is 1.87. The summed E-state index contributed by atoms with van der Waals surface area (Å²) in [6, 6.07) is 3.91. The topological polar surface area (TPSA) is 67.1 Å². The van der Waals surface area contributed by atoms with Crippen molar-refractivity contribution in [2.45, 2.75) is 31.5 Å². The van der Waals surface area contributed by atoms with Crippen molar-refractivity contribution in [2.75, 3.05) is 17.6 Å². The van der Waals surface area contributed by atoms with Gasteiger partial charge >= 0.3 is 6.18 Å². The smallest absolute Gasteiger partial charge is 0.398 e. The second-order valence-electron chi connectivity index (χ2n) is 4.82. The van der Waals surface area contributed by atoms with E-state index in [9.17, 15) is 18.0 Å². The van der Waals surface area contributed by atoms with Crippen LogP contribution in [0.1, 0.15) is 24.8 Å². The van der Waals surface area contributed by atoms with Crippen LogP contribution in [0.5, 0.6) is 0 Å². The first-order valence-corrected chi connectivity index (χ1v) is 6.36. The van der Waals surface area contributed by atoms with Gasteiger partial charge in [0.2, 0.25) is 5.91 Å². The van der Waals surface area contributed by atoms with Crippen LogP contribution >= 0.6 is 0 Å². The Hall–Kier alpha value is -1.92. The molecule has 0 atom stereocenters. The van der Waals surface area contributed by atoms with Crippen LogP contribution in [0.15, 0.2) is 18.2 Å². The average Bonchev–Trinajstić information content (AvgIpc) is 3.13. The van der Waals surface area contributed by atoms with Crippen molar-refractivity contribution in [3.05, 3.63) is 23.8 Å². The zero-order valence-electron chi connectivity index (χ0n) is 10.8. The highest BCUT2D eigenvalue weighted by Crippen LogP contribution is 2.35. The molecule has 7 heteroatoms. The van der Waals surface area contributed by atoms with Crippen LogP contribution < -0.4 is 16.4 Å². The number of nitrogens with two attached hydrogens (primary N) is 1. The zero-order chi connectivity index (χ0) is 14.8. The lowest BCUT2D eigenvalue weighted by molar-refractivity contribution is -0.136. The molecule has 1 aliphatic carbocycles. The van der Waals surface area contributed by atoms with Gasteiger partial charge in [-0.15, -0.1) is 0 Å². The molecule has 0 heterocycles. The Morgan fingerprint density at radius 1 is 1.35 bits per heavy atom. The molecular weight excluding hydrogens is 271 g/mol.